The predicted molar refractivity (Wildman–Crippen MR) is 66.8 cm³/mol. The quantitative estimate of drug-likeness (QED) is 0.773. The standard InChI is InChI=1S/C14H21FO2/c1-14(2,16)9-5-4-6-11-7-8-13(17-3)12(15)10-11/h7-8,10,16H,4-6,9H2,1-3H3. The third-order valence-electron chi connectivity index (χ3n) is 2.72. The average Bonchev–Trinajstić information content (AvgIpc) is 2.23. The summed E-state index contributed by atoms with van der Waals surface area (Å²) < 4.78 is 18.2. The molecule has 0 aromatic heterocycles. The number of aliphatic hydroxyl groups is 1. The molecule has 0 bridgehead atoms. The number of hydrogen-bond acceptors (Lipinski definition) is 2. The molecular formula is C14H21FO2. The van der Waals surface area contributed by atoms with E-state index in [-0.39, 0.29) is 11.6 Å². The van der Waals surface area contributed by atoms with E-state index in [4.69, 9.17) is 4.74 Å². The van der Waals surface area contributed by atoms with Crippen molar-refractivity contribution in [3.8, 4) is 5.75 Å². The van der Waals surface area contributed by atoms with Gasteiger partial charge < -0.3 is 9.84 Å². The SMILES string of the molecule is COc1ccc(CCCCC(C)(C)O)cc1F. The molecule has 0 aliphatic heterocycles. The van der Waals surface area contributed by atoms with E-state index >= 15 is 0 Å². The van der Waals surface area contributed by atoms with Crippen molar-refractivity contribution in [2.75, 3.05) is 7.11 Å². The van der Waals surface area contributed by atoms with E-state index in [0.29, 0.717) is 0 Å². The van der Waals surface area contributed by atoms with Gasteiger partial charge in [0.05, 0.1) is 12.7 Å². The summed E-state index contributed by atoms with van der Waals surface area (Å²) in [7, 11) is 1.46. The lowest BCUT2D eigenvalue weighted by molar-refractivity contribution is 0.0682. The second-order valence-corrected chi connectivity index (χ2v) is 4.99. The van der Waals surface area contributed by atoms with E-state index in [2.05, 4.69) is 0 Å². The number of aryl methyl sites for hydroxylation is 1. The minimum Gasteiger partial charge on any atom is -0.494 e. The van der Waals surface area contributed by atoms with Crippen molar-refractivity contribution in [2.45, 2.75) is 45.1 Å². The van der Waals surface area contributed by atoms with Crippen LogP contribution in [-0.2, 0) is 6.42 Å². The van der Waals surface area contributed by atoms with Crippen LogP contribution in [0.25, 0.3) is 0 Å². The first kappa shape index (κ1) is 14.0. The fourth-order valence-electron chi connectivity index (χ4n) is 1.75. The highest BCUT2D eigenvalue weighted by molar-refractivity contribution is 5.29. The lowest BCUT2D eigenvalue weighted by Crippen LogP contribution is -2.17. The summed E-state index contributed by atoms with van der Waals surface area (Å²) in [5, 5.41) is 9.55. The minimum atomic E-state index is -0.606. The first-order valence-corrected chi connectivity index (χ1v) is 5.97. The lowest BCUT2D eigenvalue weighted by Gasteiger charge is -2.16. The molecule has 3 heteroatoms. The highest BCUT2D eigenvalue weighted by Crippen LogP contribution is 2.20. The maximum absolute atomic E-state index is 13.4. The van der Waals surface area contributed by atoms with Crippen molar-refractivity contribution in [2.24, 2.45) is 0 Å². The number of rotatable bonds is 6. The molecule has 0 saturated carbocycles. The third-order valence-corrected chi connectivity index (χ3v) is 2.72. The van der Waals surface area contributed by atoms with Gasteiger partial charge in [-0.3, -0.25) is 0 Å². The normalized spacial score (nSPS) is 11.6. The van der Waals surface area contributed by atoms with Gasteiger partial charge in [0.25, 0.3) is 0 Å². The molecule has 0 atom stereocenters. The van der Waals surface area contributed by atoms with Gasteiger partial charge in [-0.2, -0.15) is 0 Å². The Kier molecular flexibility index (Phi) is 4.94. The average molecular weight is 240 g/mol. The lowest BCUT2D eigenvalue weighted by atomic mass is 9.99. The van der Waals surface area contributed by atoms with Crippen LogP contribution >= 0.6 is 0 Å². The maximum atomic E-state index is 13.4. The van der Waals surface area contributed by atoms with Gasteiger partial charge in [-0.05, 0) is 50.8 Å². The molecule has 0 spiro atoms. The van der Waals surface area contributed by atoms with Gasteiger partial charge in [-0.1, -0.05) is 12.5 Å². The summed E-state index contributed by atoms with van der Waals surface area (Å²) in [6, 6.07) is 5.05. The molecule has 0 amide bonds. The highest BCUT2D eigenvalue weighted by atomic mass is 19.1. The number of methoxy groups -OCH3 is 1. The molecule has 1 aromatic rings. The van der Waals surface area contributed by atoms with Gasteiger partial charge in [-0.25, -0.2) is 4.39 Å². The molecule has 0 heterocycles. The van der Waals surface area contributed by atoms with Crippen molar-refractivity contribution in [3.05, 3.63) is 29.6 Å². The van der Waals surface area contributed by atoms with Crippen LogP contribution in [0, 0.1) is 5.82 Å². The highest BCUT2D eigenvalue weighted by Gasteiger charge is 2.11. The van der Waals surface area contributed by atoms with E-state index in [1.54, 1.807) is 19.9 Å². The molecule has 96 valence electrons. The number of hydrogen-bond donors (Lipinski definition) is 1. The Hall–Kier alpha value is -1.09. The molecular weight excluding hydrogens is 219 g/mol. The molecule has 0 aliphatic carbocycles. The zero-order valence-corrected chi connectivity index (χ0v) is 10.8. The molecule has 0 saturated heterocycles. The number of benzene rings is 1. The van der Waals surface area contributed by atoms with Crippen LogP contribution in [0.4, 0.5) is 4.39 Å². The first-order chi connectivity index (χ1) is 7.92. The van der Waals surface area contributed by atoms with Gasteiger partial charge in [0.1, 0.15) is 0 Å². The molecule has 1 rings (SSSR count). The number of halogens is 1. The zero-order valence-electron chi connectivity index (χ0n) is 10.8. The van der Waals surface area contributed by atoms with Crippen LogP contribution in [-0.4, -0.2) is 17.8 Å². The first-order valence-electron chi connectivity index (χ1n) is 5.97. The maximum Gasteiger partial charge on any atom is 0.165 e. The van der Waals surface area contributed by atoms with Gasteiger partial charge in [-0.15, -0.1) is 0 Å². The van der Waals surface area contributed by atoms with E-state index < -0.39 is 5.60 Å². The summed E-state index contributed by atoms with van der Waals surface area (Å²) in [5.74, 6) is -0.0299. The topological polar surface area (TPSA) is 29.5 Å². The zero-order chi connectivity index (χ0) is 12.9. The fraction of sp³-hybridized carbons (Fsp3) is 0.571. The van der Waals surface area contributed by atoms with Crippen LogP contribution < -0.4 is 4.74 Å². The Bertz CT molecular complexity index is 356. The largest absolute Gasteiger partial charge is 0.494 e. The van der Waals surface area contributed by atoms with E-state index in [1.165, 1.54) is 13.2 Å². The molecule has 17 heavy (non-hydrogen) atoms. The fourth-order valence-corrected chi connectivity index (χ4v) is 1.75. The van der Waals surface area contributed by atoms with Crippen LogP contribution in [0.1, 0.15) is 38.7 Å². The van der Waals surface area contributed by atoms with Crippen LogP contribution in [0.2, 0.25) is 0 Å². The van der Waals surface area contributed by atoms with Crippen molar-refractivity contribution in [1.82, 2.24) is 0 Å². The summed E-state index contributed by atoms with van der Waals surface area (Å²) in [5.41, 5.74) is 0.365. The Morgan fingerprint density at radius 3 is 2.53 bits per heavy atom. The molecule has 1 N–H and O–H groups in total. The van der Waals surface area contributed by atoms with Crippen molar-refractivity contribution in [1.29, 1.82) is 0 Å². The Balaban J connectivity index is 2.40. The molecule has 0 radical (unpaired) electrons. The third kappa shape index (κ3) is 5.18. The number of ether oxygens (including phenoxy) is 1. The van der Waals surface area contributed by atoms with Gasteiger partial charge in [0.15, 0.2) is 11.6 Å². The Morgan fingerprint density at radius 2 is 2.00 bits per heavy atom. The van der Waals surface area contributed by atoms with Crippen molar-refractivity contribution >= 4 is 0 Å². The van der Waals surface area contributed by atoms with E-state index in [9.17, 15) is 9.50 Å². The summed E-state index contributed by atoms with van der Waals surface area (Å²) in [4.78, 5) is 0. The summed E-state index contributed by atoms with van der Waals surface area (Å²) in [6.45, 7) is 3.61. The molecule has 2 nitrogen and oxygen atoms in total. The minimum absolute atomic E-state index is 0.283. The Labute approximate surface area is 102 Å². The monoisotopic (exact) mass is 240 g/mol. The molecule has 0 aliphatic rings. The van der Waals surface area contributed by atoms with Gasteiger partial charge >= 0.3 is 0 Å². The van der Waals surface area contributed by atoms with Crippen LogP contribution in [0.15, 0.2) is 18.2 Å². The molecule has 0 fully saturated rings. The van der Waals surface area contributed by atoms with E-state index in [1.807, 2.05) is 6.07 Å². The molecule has 0 unspecified atom stereocenters. The smallest absolute Gasteiger partial charge is 0.165 e. The summed E-state index contributed by atoms with van der Waals surface area (Å²) >= 11 is 0. The van der Waals surface area contributed by atoms with Gasteiger partial charge in [0, 0.05) is 0 Å². The second-order valence-electron chi connectivity index (χ2n) is 4.99. The summed E-state index contributed by atoms with van der Waals surface area (Å²) in [6.07, 6.45) is 3.50. The number of unbranched alkanes of at least 4 members (excludes halogenated alkanes) is 1. The second kappa shape index (κ2) is 6.01. The van der Waals surface area contributed by atoms with E-state index in [0.717, 1.165) is 31.2 Å². The van der Waals surface area contributed by atoms with Crippen LogP contribution in [0.5, 0.6) is 5.75 Å². The van der Waals surface area contributed by atoms with Gasteiger partial charge in [0.2, 0.25) is 0 Å². The molecule has 1 aromatic carbocycles. The Morgan fingerprint density at radius 1 is 1.29 bits per heavy atom. The predicted octanol–water partition coefficient (Wildman–Crippen LogP) is 3.32. The van der Waals surface area contributed by atoms with Crippen molar-refractivity contribution in [3.63, 3.8) is 0 Å². The van der Waals surface area contributed by atoms with Crippen LogP contribution in [0.3, 0.4) is 0 Å². The van der Waals surface area contributed by atoms with Crippen molar-refractivity contribution < 1.29 is 14.2 Å².